The van der Waals surface area contributed by atoms with E-state index in [1.165, 1.54) is 36.9 Å². The molecule has 0 bridgehead atoms. The Hall–Kier alpha value is -1.54. The summed E-state index contributed by atoms with van der Waals surface area (Å²) in [6.07, 6.45) is 6.76. The first-order valence-electron chi connectivity index (χ1n) is 7.66. The van der Waals surface area contributed by atoms with Gasteiger partial charge in [-0.15, -0.1) is 0 Å². The highest BCUT2D eigenvalue weighted by atomic mass is 16.3. The molecule has 0 amide bonds. The third-order valence-corrected chi connectivity index (χ3v) is 4.29. The van der Waals surface area contributed by atoms with Crippen molar-refractivity contribution in [1.82, 2.24) is 4.90 Å². The van der Waals surface area contributed by atoms with E-state index < -0.39 is 0 Å². The van der Waals surface area contributed by atoms with Crippen molar-refractivity contribution in [3.8, 4) is 0 Å². The smallest absolute Gasteiger partial charge is 0.120 e. The van der Waals surface area contributed by atoms with Crippen LogP contribution in [0.1, 0.15) is 42.2 Å². The lowest BCUT2D eigenvalue weighted by Gasteiger charge is -2.34. The zero-order valence-electron chi connectivity index (χ0n) is 12.2. The Morgan fingerprint density at radius 1 is 1.15 bits per heavy atom. The fourth-order valence-electron chi connectivity index (χ4n) is 3.09. The number of piperidine rings is 1. The highest BCUT2D eigenvalue weighted by molar-refractivity contribution is 5.21. The van der Waals surface area contributed by atoms with Gasteiger partial charge in [-0.3, -0.25) is 4.90 Å². The zero-order chi connectivity index (χ0) is 13.8. The molecule has 2 heteroatoms. The Balaban J connectivity index is 1.64. The number of benzene rings is 1. The van der Waals surface area contributed by atoms with E-state index in [0.717, 1.165) is 18.7 Å². The van der Waals surface area contributed by atoms with Crippen molar-refractivity contribution in [3.63, 3.8) is 0 Å². The summed E-state index contributed by atoms with van der Waals surface area (Å²) >= 11 is 0. The summed E-state index contributed by atoms with van der Waals surface area (Å²) in [5.74, 6) is 1.13. The molecule has 1 saturated heterocycles. The first kappa shape index (κ1) is 13.4. The second-order valence-electron chi connectivity index (χ2n) is 5.80. The number of furan rings is 1. The van der Waals surface area contributed by atoms with Crippen LogP contribution in [-0.2, 0) is 6.42 Å². The molecule has 0 radical (unpaired) electrons. The Morgan fingerprint density at radius 2 is 2.00 bits per heavy atom. The van der Waals surface area contributed by atoms with Crippen LogP contribution in [0.3, 0.4) is 0 Å². The highest BCUT2D eigenvalue weighted by Gasteiger charge is 2.25. The molecule has 2 heterocycles. The Bertz CT molecular complexity index is 515. The maximum absolute atomic E-state index is 5.63. The third kappa shape index (κ3) is 3.13. The number of likely N-dealkylation sites (tertiary alicyclic amines) is 1. The van der Waals surface area contributed by atoms with Crippen LogP contribution >= 0.6 is 0 Å². The van der Waals surface area contributed by atoms with Gasteiger partial charge in [-0.25, -0.2) is 0 Å². The van der Waals surface area contributed by atoms with Crippen LogP contribution < -0.4 is 0 Å². The maximum Gasteiger partial charge on any atom is 0.120 e. The van der Waals surface area contributed by atoms with Crippen molar-refractivity contribution >= 4 is 0 Å². The SMILES string of the molecule is Cc1ccc(CCN2CCCCC2c2ccco2)cc1. The number of aryl methyl sites for hydroxylation is 1. The summed E-state index contributed by atoms with van der Waals surface area (Å²) in [7, 11) is 0. The van der Waals surface area contributed by atoms with E-state index in [1.54, 1.807) is 6.26 Å². The molecule has 0 aliphatic carbocycles. The molecule has 0 saturated carbocycles. The van der Waals surface area contributed by atoms with E-state index in [-0.39, 0.29) is 0 Å². The lowest BCUT2D eigenvalue weighted by atomic mass is 9.99. The number of rotatable bonds is 4. The molecule has 1 fully saturated rings. The topological polar surface area (TPSA) is 16.4 Å². The van der Waals surface area contributed by atoms with Crippen LogP contribution in [0.2, 0.25) is 0 Å². The van der Waals surface area contributed by atoms with Crippen molar-refractivity contribution in [3.05, 3.63) is 59.5 Å². The first-order chi connectivity index (χ1) is 9.83. The summed E-state index contributed by atoms with van der Waals surface area (Å²) in [4.78, 5) is 2.59. The van der Waals surface area contributed by atoms with Crippen LogP contribution in [0.25, 0.3) is 0 Å². The molecule has 3 rings (SSSR count). The van der Waals surface area contributed by atoms with E-state index in [9.17, 15) is 0 Å². The molecular weight excluding hydrogens is 246 g/mol. The largest absolute Gasteiger partial charge is 0.468 e. The second kappa shape index (κ2) is 6.27. The predicted molar refractivity (Wildman–Crippen MR) is 81.8 cm³/mol. The summed E-state index contributed by atoms with van der Waals surface area (Å²) in [5.41, 5.74) is 2.76. The number of nitrogens with zero attached hydrogens (tertiary/aromatic N) is 1. The standard InChI is InChI=1S/C18H23NO/c1-15-7-9-16(10-8-15)11-13-19-12-3-2-5-17(19)18-6-4-14-20-18/h4,6-10,14,17H,2-3,5,11-13H2,1H3. The summed E-state index contributed by atoms with van der Waals surface area (Å²) < 4.78 is 5.63. The van der Waals surface area contributed by atoms with Gasteiger partial charge >= 0.3 is 0 Å². The minimum atomic E-state index is 0.476. The second-order valence-corrected chi connectivity index (χ2v) is 5.80. The molecule has 1 aliphatic rings. The van der Waals surface area contributed by atoms with Gasteiger partial charge in [-0.1, -0.05) is 36.2 Å². The lowest BCUT2D eigenvalue weighted by molar-refractivity contribution is 0.131. The fraction of sp³-hybridized carbons (Fsp3) is 0.444. The van der Waals surface area contributed by atoms with Gasteiger partial charge in [0, 0.05) is 6.54 Å². The van der Waals surface area contributed by atoms with Crippen LogP contribution in [-0.4, -0.2) is 18.0 Å². The van der Waals surface area contributed by atoms with Crippen LogP contribution in [0.4, 0.5) is 0 Å². The van der Waals surface area contributed by atoms with Crippen molar-refractivity contribution in [2.75, 3.05) is 13.1 Å². The van der Waals surface area contributed by atoms with Crippen LogP contribution in [0.15, 0.2) is 47.1 Å². The average Bonchev–Trinajstić information content (AvgIpc) is 3.01. The third-order valence-electron chi connectivity index (χ3n) is 4.29. The lowest BCUT2D eigenvalue weighted by Crippen LogP contribution is -2.34. The summed E-state index contributed by atoms with van der Waals surface area (Å²) in [6, 6.07) is 13.5. The molecule has 1 aliphatic heterocycles. The monoisotopic (exact) mass is 269 g/mol. The van der Waals surface area contributed by atoms with E-state index >= 15 is 0 Å². The Morgan fingerprint density at radius 3 is 2.75 bits per heavy atom. The zero-order valence-corrected chi connectivity index (χ0v) is 12.2. The molecular formula is C18H23NO. The summed E-state index contributed by atoms with van der Waals surface area (Å²) in [5, 5.41) is 0. The first-order valence-corrected chi connectivity index (χ1v) is 7.66. The van der Waals surface area contributed by atoms with Gasteiger partial charge in [0.05, 0.1) is 12.3 Å². The van der Waals surface area contributed by atoms with Gasteiger partial charge in [0.25, 0.3) is 0 Å². The molecule has 2 aromatic rings. The van der Waals surface area contributed by atoms with E-state index in [0.29, 0.717) is 6.04 Å². The molecule has 106 valence electrons. The molecule has 0 N–H and O–H groups in total. The van der Waals surface area contributed by atoms with Gasteiger partial charge in [-0.05, 0) is 50.4 Å². The van der Waals surface area contributed by atoms with Crippen LogP contribution in [0.5, 0.6) is 0 Å². The van der Waals surface area contributed by atoms with Gasteiger partial charge < -0.3 is 4.42 Å². The Labute approximate surface area is 121 Å². The average molecular weight is 269 g/mol. The predicted octanol–water partition coefficient (Wildman–Crippen LogP) is 4.36. The van der Waals surface area contributed by atoms with Crippen molar-refractivity contribution in [2.45, 2.75) is 38.6 Å². The fourth-order valence-corrected chi connectivity index (χ4v) is 3.09. The normalized spacial score (nSPS) is 20.1. The molecule has 1 unspecified atom stereocenters. The molecule has 1 atom stereocenters. The molecule has 20 heavy (non-hydrogen) atoms. The minimum absolute atomic E-state index is 0.476. The van der Waals surface area contributed by atoms with Gasteiger partial charge in [0.15, 0.2) is 0 Å². The molecule has 0 spiro atoms. The van der Waals surface area contributed by atoms with Gasteiger partial charge in [0.2, 0.25) is 0 Å². The maximum atomic E-state index is 5.63. The Kier molecular flexibility index (Phi) is 4.22. The van der Waals surface area contributed by atoms with E-state index in [4.69, 9.17) is 4.42 Å². The van der Waals surface area contributed by atoms with Crippen molar-refractivity contribution < 1.29 is 4.42 Å². The van der Waals surface area contributed by atoms with Gasteiger partial charge in [0.1, 0.15) is 5.76 Å². The molecule has 1 aromatic carbocycles. The molecule has 2 nitrogen and oxygen atoms in total. The van der Waals surface area contributed by atoms with Crippen molar-refractivity contribution in [2.24, 2.45) is 0 Å². The minimum Gasteiger partial charge on any atom is -0.468 e. The van der Waals surface area contributed by atoms with E-state index in [2.05, 4.69) is 42.2 Å². The molecule has 1 aromatic heterocycles. The summed E-state index contributed by atoms with van der Waals surface area (Å²) in [6.45, 7) is 4.45. The highest BCUT2D eigenvalue weighted by Crippen LogP contribution is 2.31. The van der Waals surface area contributed by atoms with Crippen LogP contribution in [0, 0.1) is 6.92 Å². The van der Waals surface area contributed by atoms with Crippen molar-refractivity contribution in [1.29, 1.82) is 0 Å². The number of hydrogen-bond acceptors (Lipinski definition) is 2. The van der Waals surface area contributed by atoms with Gasteiger partial charge in [-0.2, -0.15) is 0 Å². The number of hydrogen-bond donors (Lipinski definition) is 0. The van der Waals surface area contributed by atoms with E-state index in [1.807, 2.05) is 6.07 Å². The quantitative estimate of drug-likeness (QED) is 0.820.